The summed E-state index contributed by atoms with van der Waals surface area (Å²) in [4.78, 5) is 15.3. The molecule has 0 saturated heterocycles. The van der Waals surface area contributed by atoms with Crippen LogP contribution >= 0.6 is 7.60 Å². The molecule has 1 rings (SSSR count). The van der Waals surface area contributed by atoms with E-state index in [1.165, 1.54) is 38.5 Å². The number of halogens is 1. The second-order valence-corrected chi connectivity index (χ2v) is 8.62. The fraction of sp³-hybridized carbons (Fsp3) is 0.500. The van der Waals surface area contributed by atoms with Crippen molar-refractivity contribution in [3.8, 4) is 0 Å². The van der Waals surface area contributed by atoms with E-state index in [2.05, 4.69) is 10.1 Å². The van der Waals surface area contributed by atoms with Crippen LogP contribution in [0.2, 0.25) is 0 Å². The molecule has 0 spiro atoms. The minimum Gasteiger partial charge on any atom is -0.444 e. The molecule has 0 aliphatic carbocycles. The Morgan fingerprint density at radius 1 is 1.27 bits per heavy atom. The first-order chi connectivity index (χ1) is 12.0. The average Bonchev–Trinajstić information content (AvgIpc) is 2.57. The van der Waals surface area contributed by atoms with Crippen molar-refractivity contribution in [2.45, 2.75) is 32.4 Å². The third-order valence-electron chi connectivity index (χ3n) is 3.24. The van der Waals surface area contributed by atoms with Crippen LogP contribution in [-0.2, 0) is 18.3 Å². The van der Waals surface area contributed by atoms with Crippen LogP contribution in [0.5, 0.6) is 0 Å². The number of nitrogens with one attached hydrogen (secondary N) is 1. The lowest BCUT2D eigenvalue weighted by molar-refractivity contribution is -0.0127. The number of carbonyl (C=O) groups excluding carboxylic acids is 1. The number of hydrogen-bond acceptors (Lipinski definition) is 5. The Morgan fingerprint density at radius 2 is 1.81 bits per heavy atom. The molecular weight excluding hydrogens is 364 g/mol. The minimum absolute atomic E-state index is 0.102. The predicted octanol–water partition coefficient (Wildman–Crippen LogP) is 3.55. The van der Waals surface area contributed by atoms with Crippen LogP contribution in [0.3, 0.4) is 0 Å². The molecule has 0 radical (unpaired) electrons. The van der Waals surface area contributed by atoms with Gasteiger partial charge >= 0.3 is 19.4 Å². The highest BCUT2D eigenvalue weighted by Crippen LogP contribution is 2.46. The summed E-state index contributed by atoms with van der Waals surface area (Å²) < 4.78 is 40.5. The molecule has 0 saturated carbocycles. The monoisotopic (exact) mass is 387 g/mol. The number of carbonyl (C=O) groups is 1. The zero-order valence-electron chi connectivity index (χ0n) is 15.4. The standard InChI is InChI=1S/C16H23FN3O5P/c1-16(2,3)25-15(21)19-14(11-6-8-12(17)9-7-11)13(20-18)10-26(22,23-4)24-5/h6-9,14H,10H2,1-5H3,(H,19,21)/t14-/m1/s1. The van der Waals surface area contributed by atoms with E-state index in [4.69, 9.17) is 13.8 Å². The lowest BCUT2D eigenvalue weighted by Gasteiger charge is -2.23. The molecule has 8 nitrogen and oxygen atoms in total. The van der Waals surface area contributed by atoms with Gasteiger partial charge in [0.1, 0.15) is 17.6 Å². The van der Waals surface area contributed by atoms with E-state index in [-0.39, 0.29) is 5.71 Å². The van der Waals surface area contributed by atoms with E-state index in [1.807, 2.05) is 0 Å². The van der Waals surface area contributed by atoms with Crippen molar-refractivity contribution in [1.82, 2.24) is 5.32 Å². The molecule has 0 aliphatic rings. The van der Waals surface area contributed by atoms with E-state index in [0.717, 1.165) is 0 Å². The number of amides is 1. The van der Waals surface area contributed by atoms with E-state index >= 15 is 0 Å². The zero-order chi connectivity index (χ0) is 20.0. The molecule has 0 bridgehead atoms. The van der Waals surface area contributed by atoms with Crippen molar-refractivity contribution in [3.63, 3.8) is 0 Å². The molecule has 1 aromatic carbocycles. The van der Waals surface area contributed by atoms with Crippen molar-refractivity contribution in [3.05, 3.63) is 41.2 Å². The second kappa shape index (κ2) is 9.05. The van der Waals surface area contributed by atoms with Crippen molar-refractivity contribution >= 4 is 19.4 Å². The van der Waals surface area contributed by atoms with Gasteiger partial charge in [-0.05, 0) is 38.5 Å². The first-order valence-corrected chi connectivity index (χ1v) is 9.42. The van der Waals surface area contributed by atoms with Gasteiger partial charge in [-0.15, -0.1) is 0 Å². The number of benzene rings is 1. The van der Waals surface area contributed by atoms with Crippen LogP contribution in [0.15, 0.2) is 24.3 Å². The summed E-state index contributed by atoms with van der Waals surface area (Å²) in [5.41, 5.74) is 8.93. The molecule has 1 N–H and O–H groups in total. The van der Waals surface area contributed by atoms with Crippen molar-refractivity contribution < 1.29 is 32.3 Å². The van der Waals surface area contributed by atoms with Gasteiger partial charge in [0, 0.05) is 14.2 Å². The van der Waals surface area contributed by atoms with Gasteiger partial charge in [-0.1, -0.05) is 12.1 Å². The lowest BCUT2D eigenvalue weighted by atomic mass is 10.0. The molecule has 0 aromatic heterocycles. The maximum absolute atomic E-state index is 13.2. The largest absolute Gasteiger partial charge is 0.444 e. The number of hydrogen-bond donors (Lipinski definition) is 1. The molecule has 26 heavy (non-hydrogen) atoms. The SMILES string of the molecule is COP(=O)(CC(=[N+]=[N-])[C@H](NC(=O)OC(C)(C)C)c1ccc(F)cc1)OC. The molecule has 10 heteroatoms. The molecule has 1 atom stereocenters. The van der Waals surface area contributed by atoms with Crippen LogP contribution in [0.4, 0.5) is 9.18 Å². The topological polar surface area (TPSA) is 110 Å². The summed E-state index contributed by atoms with van der Waals surface area (Å²) in [5, 5.41) is 2.52. The summed E-state index contributed by atoms with van der Waals surface area (Å²) in [7, 11) is -1.20. The molecule has 0 aliphatic heterocycles. The number of nitrogens with zero attached hydrogens (tertiary/aromatic N) is 2. The maximum Gasteiger partial charge on any atom is 0.408 e. The van der Waals surface area contributed by atoms with Crippen LogP contribution in [-0.4, -0.2) is 42.6 Å². The Hall–Kier alpha value is -2.05. The molecule has 0 heterocycles. The van der Waals surface area contributed by atoms with Gasteiger partial charge in [0.15, 0.2) is 6.04 Å². The fourth-order valence-corrected chi connectivity index (χ4v) is 3.07. The highest BCUT2D eigenvalue weighted by molar-refractivity contribution is 7.54. The third-order valence-corrected chi connectivity index (χ3v) is 5.06. The summed E-state index contributed by atoms with van der Waals surface area (Å²) in [6.45, 7) is 5.06. The van der Waals surface area contributed by atoms with Gasteiger partial charge in [-0.2, -0.15) is 4.79 Å². The van der Waals surface area contributed by atoms with Gasteiger partial charge in [-0.25, -0.2) is 9.18 Å². The Kier molecular flexibility index (Phi) is 7.66. The molecule has 144 valence electrons. The number of rotatable bonds is 7. The van der Waals surface area contributed by atoms with Crippen molar-refractivity contribution in [2.24, 2.45) is 0 Å². The first-order valence-electron chi connectivity index (χ1n) is 7.70. The highest BCUT2D eigenvalue weighted by Gasteiger charge is 2.37. The fourth-order valence-electron chi connectivity index (χ4n) is 2.02. The molecule has 0 fully saturated rings. The molecule has 1 amide bonds. The summed E-state index contributed by atoms with van der Waals surface area (Å²) >= 11 is 0. The zero-order valence-corrected chi connectivity index (χ0v) is 16.2. The van der Waals surface area contributed by atoms with Crippen LogP contribution < -0.4 is 5.32 Å². The van der Waals surface area contributed by atoms with Crippen LogP contribution in [0.1, 0.15) is 32.4 Å². The highest BCUT2D eigenvalue weighted by atomic mass is 31.2. The van der Waals surface area contributed by atoms with Crippen molar-refractivity contribution in [2.75, 3.05) is 20.4 Å². The van der Waals surface area contributed by atoms with E-state index in [1.54, 1.807) is 20.8 Å². The molecule has 0 unspecified atom stereocenters. The minimum atomic E-state index is -3.58. The average molecular weight is 387 g/mol. The summed E-state index contributed by atoms with van der Waals surface area (Å²) in [6, 6.07) is 4.12. The Balaban J connectivity index is 3.21. The van der Waals surface area contributed by atoms with Crippen LogP contribution in [0.25, 0.3) is 5.53 Å². The molecular formula is C16H23FN3O5P. The van der Waals surface area contributed by atoms with Gasteiger partial charge in [0.2, 0.25) is 0 Å². The van der Waals surface area contributed by atoms with Gasteiger partial charge < -0.3 is 24.6 Å². The Morgan fingerprint density at radius 3 is 2.23 bits per heavy atom. The van der Waals surface area contributed by atoms with Crippen molar-refractivity contribution in [1.29, 1.82) is 0 Å². The van der Waals surface area contributed by atoms with Gasteiger partial charge in [-0.3, -0.25) is 4.57 Å². The smallest absolute Gasteiger partial charge is 0.408 e. The predicted molar refractivity (Wildman–Crippen MR) is 93.6 cm³/mol. The Bertz CT molecular complexity index is 718. The van der Waals surface area contributed by atoms with E-state index in [9.17, 15) is 19.3 Å². The third kappa shape index (κ3) is 6.69. The summed E-state index contributed by atoms with van der Waals surface area (Å²) in [5.74, 6) is -0.480. The van der Waals surface area contributed by atoms with Crippen LogP contribution in [0, 0.1) is 5.82 Å². The molecule has 1 aromatic rings. The number of alkyl carbamates (subject to hydrolysis) is 1. The van der Waals surface area contributed by atoms with E-state index < -0.39 is 37.3 Å². The summed E-state index contributed by atoms with van der Waals surface area (Å²) in [6.07, 6.45) is -1.19. The Labute approximate surface area is 151 Å². The van der Waals surface area contributed by atoms with Gasteiger partial charge in [0.05, 0.1) is 0 Å². The first kappa shape index (κ1) is 22.0. The second-order valence-electron chi connectivity index (χ2n) is 6.36. The van der Waals surface area contributed by atoms with E-state index in [0.29, 0.717) is 5.56 Å². The lowest BCUT2D eigenvalue weighted by Crippen LogP contribution is -2.39. The van der Waals surface area contributed by atoms with Gasteiger partial charge in [0.25, 0.3) is 0 Å². The number of ether oxygens (including phenoxy) is 1. The normalized spacial score (nSPS) is 12.8. The quantitative estimate of drug-likeness (QED) is 0.333. The maximum atomic E-state index is 13.2.